The second-order valence-corrected chi connectivity index (χ2v) is 6.32. The van der Waals surface area contributed by atoms with Gasteiger partial charge in [0.25, 0.3) is 0 Å². The van der Waals surface area contributed by atoms with Gasteiger partial charge < -0.3 is 4.74 Å². The van der Waals surface area contributed by atoms with E-state index in [1.807, 2.05) is 44.2 Å². The highest BCUT2D eigenvalue weighted by Crippen LogP contribution is 2.27. The van der Waals surface area contributed by atoms with Crippen LogP contribution in [0.5, 0.6) is 0 Å². The summed E-state index contributed by atoms with van der Waals surface area (Å²) in [6.07, 6.45) is 3.34. The van der Waals surface area contributed by atoms with E-state index in [2.05, 4.69) is 0 Å². The number of hydrogen-bond acceptors (Lipinski definition) is 3. The van der Waals surface area contributed by atoms with Crippen molar-refractivity contribution in [1.29, 1.82) is 0 Å². The summed E-state index contributed by atoms with van der Waals surface area (Å²) in [6, 6.07) is 9.98. The minimum Gasteiger partial charge on any atom is -0.377 e. The van der Waals surface area contributed by atoms with E-state index in [0.29, 0.717) is 44.0 Å². The lowest BCUT2D eigenvalue weighted by atomic mass is 9.96. The van der Waals surface area contributed by atoms with E-state index in [9.17, 15) is 9.59 Å². The Morgan fingerprint density at radius 2 is 2.00 bits per heavy atom. The lowest BCUT2D eigenvalue weighted by molar-refractivity contribution is -0.118. The lowest BCUT2D eigenvalue weighted by Gasteiger charge is -2.10. The zero-order chi connectivity index (χ0) is 15.9. The first-order valence-electron chi connectivity index (χ1n) is 7.95. The predicted octanol–water partition coefficient (Wildman–Crippen LogP) is 3.72. The topological polar surface area (TPSA) is 43.4 Å². The molecule has 118 valence electrons. The number of benzene rings is 1. The maximum Gasteiger partial charge on any atom is 0.159 e. The summed E-state index contributed by atoms with van der Waals surface area (Å²) in [4.78, 5) is 24.0. The third-order valence-electron chi connectivity index (χ3n) is 3.86. The zero-order valence-electron chi connectivity index (χ0n) is 13.4. The number of Topliss-reactive ketones (excluding diaryl/α,β-unsaturated/α-hetero) is 1. The van der Waals surface area contributed by atoms with Crippen LogP contribution in [0.1, 0.15) is 38.7 Å². The molecular formula is C19H24O3. The molecule has 0 aliphatic heterocycles. The summed E-state index contributed by atoms with van der Waals surface area (Å²) in [5.74, 6) is 0.449. The SMILES string of the molecule is CC(C)CC(=O)C1=CC(=O)C(CCOCc2ccccc2)C1. The average Bonchev–Trinajstić information content (AvgIpc) is 2.85. The molecule has 1 aromatic carbocycles. The molecule has 0 bridgehead atoms. The van der Waals surface area contributed by atoms with Crippen LogP contribution in [-0.2, 0) is 20.9 Å². The van der Waals surface area contributed by atoms with Crippen molar-refractivity contribution in [3.8, 4) is 0 Å². The van der Waals surface area contributed by atoms with Crippen molar-refractivity contribution in [3.63, 3.8) is 0 Å². The third-order valence-corrected chi connectivity index (χ3v) is 3.86. The molecule has 22 heavy (non-hydrogen) atoms. The Hall–Kier alpha value is -1.74. The summed E-state index contributed by atoms with van der Waals surface area (Å²) in [5.41, 5.74) is 1.83. The van der Waals surface area contributed by atoms with Crippen molar-refractivity contribution in [2.24, 2.45) is 11.8 Å². The van der Waals surface area contributed by atoms with Gasteiger partial charge in [-0.3, -0.25) is 9.59 Å². The summed E-state index contributed by atoms with van der Waals surface area (Å²) in [6.45, 7) is 5.15. The molecule has 0 saturated heterocycles. The van der Waals surface area contributed by atoms with Crippen molar-refractivity contribution >= 4 is 11.6 Å². The Balaban J connectivity index is 1.72. The summed E-state index contributed by atoms with van der Waals surface area (Å²) in [7, 11) is 0. The fourth-order valence-corrected chi connectivity index (χ4v) is 2.64. The van der Waals surface area contributed by atoms with Gasteiger partial charge in [0, 0.05) is 18.9 Å². The zero-order valence-corrected chi connectivity index (χ0v) is 13.4. The van der Waals surface area contributed by atoms with E-state index in [0.717, 1.165) is 5.56 Å². The first-order valence-corrected chi connectivity index (χ1v) is 7.95. The van der Waals surface area contributed by atoms with Gasteiger partial charge in [0.15, 0.2) is 11.6 Å². The van der Waals surface area contributed by atoms with Crippen molar-refractivity contribution in [2.75, 3.05) is 6.61 Å². The van der Waals surface area contributed by atoms with E-state index in [1.165, 1.54) is 0 Å². The van der Waals surface area contributed by atoms with Gasteiger partial charge in [0.1, 0.15) is 0 Å². The molecule has 0 heterocycles. The fraction of sp³-hybridized carbons (Fsp3) is 0.474. The molecule has 1 unspecified atom stereocenters. The van der Waals surface area contributed by atoms with E-state index >= 15 is 0 Å². The summed E-state index contributed by atoms with van der Waals surface area (Å²) in [5, 5.41) is 0. The van der Waals surface area contributed by atoms with E-state index in [4.69, 9.17) is 4.74 Å². The minimum absolute atomic E-state index is 0.0791. The molecule has 0 aromatic heterocycles. The quantitative estimate of drug-likeness (QED) is 0.687. The number of carbonyl (C=O) groups excluding carboxylic acids is 2. The normalized spacial score (nSPS) is 17.9. The smallest absolute Gasteiger partial charge is 0.159 e. The second-order valence-electron chi connectivity index (χ2n) is 6.32. The number of rotatable bonds is 8. The van der Waals surface area contributed by atoms with Crippen molar-refractivity contribution in [3.05, 3.63) is 47.5 Å². The Labute approximate surface area is 132 Å². The lowest BCUT2D eigenvalue weighted by Crippen LogP contribution is -2.11. The second kappa shape index (κ2) is 8.04. The van der Waals surface area contributed by atoms with Gasteiger partial charge in [-0.2, -0.15) is 0 Å². The van der Waals surface area contributed by atoms with E-state index < -0.39 is 0 Å². The number of ketones is 2. The van der Waals surface area contributed by atoms with Crippen LogP contribution in [-0.4, -0.2) is 18.2 Å². The fourth-order valence-electron chi connectivity index (χ4n) is 2.64. The van der Waals surface area contributed by atoms with Gasteiger partial charge in [-0.15, -0.1) is 0 Å². The molecule has 3 nitrogen and oxygen atoms in total. The van der Waals surface area contributed by atoms with Gasteiger partial charge in [-0.25, -0.2) is 0 Å². The van der Waals surface area contributed by atoms with Gasteiger partial charge in [0.05, 0.1) is 6.61 Å². The van der Waals surface area contributed by atoms with Crippen molar-refractivity contribution in [2.45, 2.75) is 39.7 Å². The van der Waals surface area contributed by atoms with Gasteiger partial charge in [-0.05, 0) is 36.0 Å². The standard InChI is InChI=1S/C19H24O3/c1-14(2)10-18(20)17-11-16(19(21)12-17)8-9-22-13-15-6-4-3-5-7-15/h3-7,12,14,16H,8-11,13H2,1-2H3. The van der Waals surface area contributed by atoms with Crippen LogP contribution in [0.15, 0.2) is 42.0 Å². The third kappa shape index (κ3) is 4.92. The number of allylic oxidation sites excluding steroid dienone is 2. The van der Waals surface area contributed by atoms with Crippen molar-refractivity contribution in [1.82, 2.24) is 0 Å². The van der Waals surface area contributed by atoms with Gasteiger partial charge in [-0.1, -0.05) is 44.2 Å². The number of carbonyl (C=O) groups is 2. The molecule has 0 spiro atoms. The van der Waals surface area contributed by atoms with Crippen LogP contribution in [0, 0.1) is 11.8 Å². The van der Waals surface area contributed by atoms with Gasteiger partial charge in [0.2, 0.25) is 0 Å². The predicted molar refractivity (Wildman–Crippen MR) is 86.4 cm³/mol. The molecule has 0 saturated carbocycles. The Morgan fingerprint density at radius 1 is 1.27 bits per heavy atom. The minimum atomic E-state index is -0.0816. The number of ether oxygens (including phenoxy) is 1. The monoisotopic (exact) mass is 300 g/mol. The molecule has 0 N–H and O–H groups in total. The maximum atomic E-state index is 12.0. The average molecular weight is 300 g/mol. The van der Waals surface area contributed by atoms with Crippen LogP contribution in [0.3, 0.4) is 0 Å². The molecule has 1 atom stereocenters. The van der Waals surface area contributed by atoms with Gasteiger partial charge >= 0.3 is 0 Å². The molecule has 0 radical (unpaired) electrons. The first-order chi connectivity index (χ1) is 10.6. The molecule has 0 fully saturated rings. The van der Waals surface area contributed by atoms with E-state index in [1.54, 1.807) is 6.08 Å². The van der Waals surface area contributed by atoms with Crippen LogP contribution in [0.2, 0.25) is 0 Å². The van der Waals surface area contributed by atoms with Crippen LogP contribution in [0.4, 0.5) is 0 Å². The summed E-state index contributed by atoms with van der Waals surface area (Å²) < 4.78 is 5.63. The highest BCUT2D eigenvalue weighted by molar-refractivity contribution is 6.07. The molecule has 0 amide bonds. The highest BCUT2D eigenvalue weighted by Gasteiger charge is 2.28. The number of hydrogen-bond donors (Lipinski definition) is 0. The Bertz CT molecular complexity index is 543. The molecule has 2 rings (SSSR count). The van der Waals surface area contributed by atoms with E-state index in [-0.39, 0.29) is 17.5 Å². The Morgan fingerprint density at radius 3 is 2.68 bits per heavy atom. The molecule has 1 aromatic rings. The largest absolute Gasteiger partial charge is 0.377 e. The van der Waals surface area contributed by atoms with Crippen molar-refractivity contribution < 1.29 is 14.3 Å². The van der Waals surface area contributed by atoms with Crippen LogP contribution < -0.4 is 0 Å². The van der Waals surface area contributed by atoms with Crippen LogP contribution >= 0.6 is 0 Å². The molecule has 1 aliphatic carbocycles. The molecule has 1 aliphatic rings. The van der Waals surface area contributed by atoms with Crippen LogP contribution in [0.25, 0.3) is 0 Å². The summed E-state index contributed by atoms with van der Waals surface area (Å²) >= 11 is 0. The maximum absolute atomic E-state index is 12.0. The highest BCUT2D eigenvalue weighted by atomic mass is 16.5. The first kappa shape index (κ1) is 16.6. The molecule has 3 heteroatoms. The molecular weight excluding hydrogens is 276 g/mol. The Kier molecular flexibility index (Phi) is 6.08.